The van der Waals surface area contributed by atoms with Crippen LogP contribution >= 0.6 is 0 Å². The molecule has 0 atom stereocenters. The number of aromatic nitrogens is 1. The van der Waals surface area contributed by atoms with Gasteiger partial charge in [-0.25, -0.2) is 4.79 Å². The lowest BCUT2D eigenvalue weighted by atomic mass is 10.3. The van der Waals surface area contributed by atoms with Gasteiger partial charge in [0.25, 0.3) is 5.56 Å². The van der Waals surface area contributed by atoms with Gasteiger partial charge in [0.05, 0.1) is 0 Å². The first kappa shape index (κ1) is 10.2. The molecule has 1 N–H and O–H groups in total. The zero-order valence-electron chi connectivity index (χ0n) is 7.80. The molecule has 1 rings (SSSR count). The van der Waals surface area contributed by atoms with Crippen LogP contribution in [0.3, 0.4) is 0 Å². The van der Waals surface area contributed by atoms with E-state index in [1.165, 1.54) is 23.6 Å². The van der Waals surface area contributed by atoms with Gasteiger partial charge in [0, 0.05) is 24.4 Å². The highest BCUT2D eigenvalue weighted by atomic mass is 16.4. The van der Waals surface area contributed by atoms with E-state index >= 15 is 0 Å². The Bertz CT molecular complexity index is 417. The van der Waals surface area contributed by atoms with E-state index in [9.17, 15) is 9.59 Å². The maximum absolute atomic E-state index is 11.2. The van der Waals surface area contributed by atoms with Gasteiger partial charge < -0.3 is 9.67 Å². The van der Waals surface area contributed by atoms with Gasteiger partial charge in [-0.05, 0) is 13.0 Å². The normalized spacial score (nSPS) is 11.4. The number of nitrogens with zero attached hydrogens (tertiary/aromatic N) is 1. The number of allylic oxidation sites excluding steroid dienone is 1. The molecule has 1 aromatic heterocycles. The minimum atomic E-state index is -0.964. The zero-order chi connectivity index (χ0) is 10.6. The zero-order valence-corrected chi connectivity index (χ0v) is 7.80. The lowest BCUT2D eigenvalue weighted by molar-refractivity contribution is -0.132. The molecule has 0 aromatic carbocycles. The average Bonchev–Trinajstić information content (AvgIpc) is 2.16. The molecule has 1 aromatic rings. The van der Waals surface area contributed by atoms with Crippen molar-refractivity contribution in [3.05, 3.63) is 46.4 Å². The van der Waals surface area contributed by atoms with Crippen LogP contribution in [-0.2, 0) is 11.3 Å². The summed E-state index contributed by atoms with van der Waals surface area (Å²) in [5.41, 5.74) is 0.0997. The van der Waals surface area contributed by atoms with Gasteiger partial charge in [0.15, 0.2) is 0 Å². The number of rotatable bonds is 3. The Labute approximate surface area is 81.1 Å². The molecule has 74 valence electrons. The molecule has 0 amide bonds. The molecule has 14 heavy (non-hydrogen) atoms. The Morgan fingerprint density at radius 3 is 2.86 bits per heavy atom. The van der Waals surface area contributed by atoms with E-state index in [2.05, 4.69) is 0 Å². The number of pyridine rings is 1. The second-order valence-corrected chi connectivity index (χ2v) is 2.88. The van der Waals surface area contributed by atoms with Gasteiger partial charge in [0.1, 0.15) is 0 Å². The van der Waals surface area contributed by atoms with E-state index in [0.29, 0.717) is 0 Å². The molecule has 0 saturated carbocycles. The minimum absolute atomic E-state index is 0.137. The van der Waals surface area contributed by atoms with Crippen molar-refractivity contribution < 1.29 is 9.90 Å². The van der Waals surface area contributed by atoms with Crippen molar-refractivity contribution in [2.24, 2.45) is 0 Å². The third kappa shape index (κ3) is 2.58. The van der Waals surface area contributed by atoms with Crippen LogP contribution in [0.1, 0.15) is 6.92 Å². The summed E-state index contributed by atoms with van der Waals surface area (Å²) in [6, 6.07) is 4.81. The molecule has 0 radical (unpaired) electrons. The highest BCUT2D eigenvalue weighted by molar-refractivity contribution is 5.85. The Kier molecular flexibility index (Phi) is 3.23. The summed E-state index contributed by atoms with van der Waals surface area (Å²) in [4.78, 5) is 21.6. The Morgan fingerprint density at radius 1 is 1.57 bits per heavy atom. The van der Waals surface area contributed by atoms with Crippen LogP contribution < -0.4 is 5.56 Å². The third-order valence-corrected chi connectivity index (χ3v) is 1.83. The first-order chi connectivity index (χ1) is 6.61. The van der Waals surface area contributed by atoms with Crippen LogP contribution in [0.4, 0.5) is 0 Å². The fraction of sp³-hybridized carbons (Fsp3) is 0.200. The predicted molar refractivity (Wildman–Crippen MR) is 52.1 cm³/mol. The largest absolute Gasteiger partial charge is 0.478 e. The van der Waals surface area contributed by atoms with Crippen LogP contribution in [0.15, 0.2) is 40.8 Å². The molecule has 4 nitrogen and oxygen atoms in total. The van der Waals surface area contributed by atoms with Crippen molar-refractivity contribution in [3.8, 4) is 0 Å². The van der Waals surface area contributed by atoms with Crippen molar-refractivity contribution in [2.45, 2.75) is 13.5 Å². The molecular weight excluding hydrogens is 182 g/mol. The van der Waals surface area contributed by atoms with Crippen LogP contribution in [0.5, 0.6) is 0 Å². The van der Waals surface area contributed by atoms with Crippen LogP contribution in [0.2, 0.25) is 0 Å². The van der Waals surface area contributed by atoms with E-state index in [4.69, 9.17) is 5.11 Å². The lowest BCUT2D eigenvalue weighted by Gasteiger charge is -2.00. The van der Waals surface area contributed by atoms with E-state index in [1.807, 2.05) is 0 Å². The van der Waals surface area contributed by atoms with E-state index < -0.39 is 5.97 Å². The van der Waals surface area contributed by atoms with Crippen LogP contribution in [-0.4, -0.2) is 15.6 Å². The van der Waals surface area contributed by atoms with Crippen LogP contribution in [0, 0.1) is 0 Å². The maximum atomic E-state index is 11.2. The van der Waals surface area contributed by atoms with Gasteiger partial charge in [-0.2, -0.15) is 0 Å². The molecule has 0 aliphatic carbocycles. The van der Waals surface area contributed by atoms with Gasteiger partial charge in [-0.1, -0.05) is 12.1 Å². The quantitative estimate of drug-likeness (QED) is 0.725. The van der Waals surface area contributed by atoms with Gasteiger partial charge in [0.2, 0.25) is 0 Å². The maximum Gasteiger partial charge on any atom is 0.331 e. The predicted octanol–water partition coefficient (Wildman–Crippen LogP) is 0.879. The smallest absolute Gasteiger partial charge is 0.331 e. The number of aliphatic carboxylic acids is 1. The summed E-state index contributed by atoms with van der Waals surface area (Å²) >= 11 is 0. The first-order valence-corrected chi connectivity index (χ1v) is 4.17. The van der Waals surface area contributed by atoms with E-state index in [0.717, 1.165) is 0 Å². The van der Waals surface area contributed by atoms with Crippen molar-refractivity contribution in [1.82, 2.24) is 4.57 Å². The summed E-state index contributed by atoms with van der Waals surface area (Å²) in [6.07, 6.45) is 3.12. The van der Waals surface area contributed by atoms with Gasteiger partial charge in [-0.15, -0.1) is 0 Å². The van der Waals surface area contributed by atoms with Crippen molar-refractivity contribution in [2.75, 3.05) is 0 Å². The molecular formula is C10H11NO3. The number of carboxylic acids is 1. The SMILES string of the molecule is CC(=CCn1ccccc1=O)C(=O)O. The van der Waals surface area contributed by atoms with Crippen molar-refractivity contribution >= 4 is 5.97 Å². The van der Waals surface area contributed by atoms with Crippen molar-refractivity contribution in [3.63, 3.8) is 0 Å². The summed E-state index contributed by atoms with van der Waals surface area (Å²) in [6.45, 7) is 1.79. The fourth-order valence-electron chi connectivity index (χ4n) is 0.934. The van der Waals surface area contributed by atoms with Crippen molar-refractivity contribution in [1.29, 1.82) is 0 Å². The Hall–Kier alpha value is -1.84. The molecule has 0 unspecified atom stereocenters. The Balaban J connectivity index is 2.81. The lowest BCUT2D eigenvalue weighted by Crippen LogP contribution is -2.17. The second-order valence-electron chi connectivity index (χ2n) is 2.88. The molecule has 1 heterocycles. The topological polar surface area (TPSA) is 59.3 Å². The molecule has 4 heteroatoms. The summed E-state index contributed by atoms with van der Waals surface area (Å²) < 4.78 is 1.44. The summed E-state index contributed by atoms with van der Waals surface area (Å²) in [5, 5.41) is 8.57. The summed E-state index contributed by atoms with van der Waals surface area (Å²) in [5.74, 6) is -0.964. The Morgan fingerprint density at radius 2 is 2.29 bits per heavy atom. The minimum Gasteiger partial charge on any atom is -0.478 e. The number of hydrogen-bond acceptors (Lipinski definition) is 2. The van der Waals surface area contributed by atoms with E-state index in [-0.39, 0.29) is 17.7 Å². The monoisotopic (exact) mass is 193 g/mol. The molecule has 0 aliphatic rings. The van der Waals surface area contributed by atoms with Crippen LogP contribution in [0.25, 0.3) is 0 Å². The van der Waals surface area contributed by atoms with Gasteiger partial charge in [-0.3, -0.25) is 4.79 Å². The molecule has 0 saturated heterocycles. The fourth-order valence-corrected chi connectivity index (χ4v) is 0.934. The summed E-state index contributed by atoms with van der Waals surface area (Å²) in [7, 11) is 0. The molecule has 0 spiro atoms. The van der Waals surface area contributed by atoms with Gasteiger partial charge >= 0.3 is 5.97 Å². The van der Waals surface area contributed by atoms with E-state index in [1.54, 1.807) is 18.3 Å². The molecule has 0 aliphatic heterocycles. The highest BCUT2D eigenvalue weighted by Crippen LogP contribution is 1.93. The third-order valence-electron chi connectivity index (χ3n) is 1.83. The number of carbonyl (C=O) groups is 1. The average molecular weight is 193 g/mol. The molecule has 0 fully saturated rings. The number of carboxylic acid groups (broad SMARTS) is 1. The standard InChI is InChI=1S/C10H11NO3/c1-8(10(13)14)5-7-11-6-3-2-4-9(11)12/h2-6H,7H2,1H3,(H,13,14). The second kappa shape index (κ2) is 4.41. The highest BCUT2D eigenvalue weighted by Gasteiger charge is 1.98. The first-order valence-electron chi connectivity index (χ1n) is 4.17. The number of hydrogen-bond donors (Lipinski definition) is 1. The molecule has 0 bridgehead atoms.